The highest BCUT2D eigenvalue weighted by Crippen LogP contribution is 2.38. The van der Waals surface area contributed by atoms with Crippen molar-refractivity contribution in [2.24, 2.45) is 0 Å². The Morgan fingerprint density at radius 2 is 2.32 bits per heavy atom. The molecule has 0 radical (unpaired) electrons. The second-order valence-corrected chi connectivity index (χ2v) is 8.42. The van der Waals surface area contributed by atoms with Crippen molar-refractivity contribution in [1.29, 1.82) is 0 Å². The first-order chi connectivity index (χ1) is 11.9. The molecule has 0 spiro atoms. The Kier molecular flexibility index (Phi) is 3.92. The van der Waals surface area contributed by atoms with Crippen LogP contribution in [0, 0.1) is 0 Å². The van der Waals surface area contributed by atoms with Gasteiger partial charge in [-0.05, 0) is 44.5 Å². The highest BCUT2D eigenvalue weighted by molar-refractivity contribution is 7.15. The van der Waals surface area contributed by atoms with Crippen LogP contribution in [0.1, 0.15) is 31.2 Å². The number of anilines is 1. The van der Waals surface area contributed by atoms with Crippen molar-refractivity contribution < 1.29 is 14.3 Å². The van der Waals surface area contributed by atoms with Gasteiger partial charge in [0.2, 0.25) is 0 Å². The van der Waals surface area contributed by atoms with Gasteiger partial charge in [-0.15, -0.1) is 11.3 Å². The topological polar surface area (TPSA) is 75.8 Å². The summed E-state index contributed by atoms with van der Waals surface area (Å²) in [5.41, 5.74) is 3.00. The smallest absolute Gasteiger partial charge is 0.407 e. The zero-order chi connectivity index (χ0) is 17.6. The monoisotopic (exact) mass is 359 g/mol. The lowest BCUT2D eigenvalue weighted by Gasteiger charge is -2.19. The molecule has 2 aliphatic heterocycles. The van der Waals surface area contributed by atoms with Crippen molar-refractivity contribution in [1.82, 2.24) is 10.3 Å². The Labute approximate surface area is 150 Å². The third kappa shape index (κ3) is 3.77. The maximum absolute atomic E-state index is 11.7. The molecule has 2 unspecified atom stereocenters. The summed E-state index contributed by atoms with van der Waals surface area (Å²) >= 11 is 1.57. The van der Waals surface area contributed by atoms with E-state index >= 15 is 0 Å². The summed E-state index contributed by atoms with van der Waals surface area (Å²) in [5, 5.41) is 7.08. The highest BCUT2D eigenvalue weighted by Gasteiger charge is 2.42. The largest absolute Gasteiger partial charge is 0.444 e. The average molecular weight is 359 g/mol. The molecule has 1 saturated heterocycles. The quantitative estimate of drug-likeness (QED) is 0.820. The van der Waals surface area contributed by atoms with Crippen LogP contribution in [0.3, 0.4) is 0 Å². The molecule has 0 aliphatic carbocycles. The number of thiazole rings is 1. The van der Waals surface area contributed by atoms with E-state index in [9.17, 15) is 4.79 Å². The lowest BCUT2D eigenvalue weighted by atomic mass is 10.0. The Bertz CT molecular complexity index is 812. The molecular weight excluding hydrogens is 338 g/mol. The van der Waals surface area contributed by atoms with Crippen LogP contribution in [0.5, 0.6) is 0 Å². The summed E-state index contributed by atoms with van der Waals surface area (Å²) < 4.78 is 10.8. The summed E-state index contributed by atoms with van der Waals surface area (Å²) in [7, 11) is 0. The standard InChI is InChI=1S/C18H21N3O3S/c1-18(2,3)24-17(22)20-9-12-8-19-16(25-12)10-4-5-13-11(6-10)7-14-15(21-13)23-14/h4-6,8,14-15,21H,7,9H2,1-3H3,(H,20,22). The van der Waals surface area contributed by atoms with E-state index in [0.717, 1.165) is 27.6 Å². The molecule has 1 aromatic heterocycles. The number of nitrogens with one attached hydrogen (secondary N) is 2. The zero-order valence-electron chi connectivity index (χ0n) is 14.5. The van der Waals surface area contributed by atoms with Crippen LogP contribution in [0.15, 0.2) is 24.4 Å². The van der Waals surface area contributed by atoms with E-state index in [1.54, 1.807) is 17.5 Å². The third-order valence-electron chi connectivity index (χ3n) is 4.01. The fourth-order valence-corrected chi connectivity index (χ4v) is 3.68. The van der Waals surface area contributed by atoms with E-state index in [0.29, 0.717) is 12.6 Å². The number of carbonyl (C=O) groups is 1. The lowest BCUT2D eigenvalue weighted by molar-refractivity contribution is 0.0524. The maximum Gasteiger partial charge on any atom is 0.407 e. The first-order valence-electron chi connectivity index (χ1n) is 8.34. The minimum atomic E-state index is -0.496. The number of epoxide rings is 1. The minimum Gasteiger partial charge on any atom is -0.444 e. The molecule has 1 amide bonds. The van der Waals surface area contributed by atoms with E-state index < -0.39 is 11.7 Å². The normalized spacial score (nSPS) is 20.9. The Morgan fingerprint density at radius 3 is 3.12 bits per heavy atom. The van der Waals surface area contributed by atoms with Gasteiger partial charge in [-0.1, -0.05) is 0 Å². The van der Waals surface area contributed by atoms with Crippen LogP contribution < -0.4 is 10.6 Å². The number of rotatable bonds is 3. The Morgan fingerprint density at radius 1 is 1.48 bits per heavy atom. The van der Waals surface area contributed by atoms with Crippen LogP contribution in [0.25, 0.3) is 10.6 Å². The van der Waals surface area contributed by atoms with Gasteiger partial charge in [-0.3, -0.25) is 0 Å². The van der Waals surface area contributed by atoms with Crippen LogP contribution in [-0.4, -0.2) is 29.0 Å². The van der Waals surface area contributed by atoms with Crippen molar-refractivity contribution >= 4 is 23.1 Å². The molecule has 132 valence electrons. The van der Waals surface area contributed by atoms with E-state index in [-0.39, 0.29) is 6.23 Å². The number of amides is 1. The van der Waals surface area contributed by atoms with Gasteiger partial charge in [0.05, 0.1) is 6.54 Å². The molecule has 25 heavy (non-hydrogen) atoms. The van der Waals surface area contributed by atoms with Crippen LogP contribution in [0.2, 0.25) is 0 Å². The van der Waals surface area contributed by atoms with Crippen molar-refractivity contribution in [3.05, 3.63) is 34.8 Å². The van der Waals surface area contributed by atoms with Crippen molar-refractivity contribution in [3.63, 3.8) is 0 Å². The fourth-order valence-electron chi connectivity index (χ4n) is 2.83. The number of benzene rings is 1. The molecule has 1 fully saturated rings. The van der Waals surface area contributed by atoms with Gasteiger partial charge in [0.25, 0.3) is 0 Å². The first-order valence-corrected chi connectivity index (χ1v) is 9.16. The molecule has 2 atom stereocenters. The van der Waals surface area contributed by atoms with Crippen LogP contribution in [0.4, 0.5) is 10.5 Å². The molecule has 1 aromatic carbocycles. The summed E-state index contributed by atoms with van der Waals surface area (Å²) in [6.07, 6.45) is 2.84. The number of alkyl carbamates (subject to hydrolysis) is 1. The summed E-state index contributed by atoms with van der Waals surface area (Å²) in [6, 6.07) is 6.32. The van der Waals surface area contributed by atoms with Gasteiger partial charge in [-0.25, -0.2) is 9.78 Å². The van der Waals surface area contributed by atoms with Gasteiger partial charge < -0.3 is 20.1 Å². The molecular formula is C18H21N3O3S. The molecule has 2 aromatic rings. The van der Waals surface area contributed by atoms with Crippen LogP contribution >= 0.6 is 11.3 Å². The summed E-state index contributed by atoms with van der Waals surface area (Å²) in [4.78, 5) is 17.2. The average Bonchev–Trinajstić information content (AvgIpc) is 3.12. The van der Waals surface area contributed by atoms with Crippen molar-refractivity contribution in [2.45, 2.75) is 51.7 Å². The molecule has 6 nitrogen and oxygen atoms in total. The molecule has 4 rings (SSSR count). The number of ether oxygens (including phenoxy) is 2. The Hall–Kier alpha value is -2.12. The zero-order valence-corrected chi connectivity index (χ0v) is 15.3. The Balaban J connectivity index is 1.41. The first kappa shape index (κ1) is 16.4. The number of nitrogens with zero attached hydrogens (tertiary/aromatic N) is 1. The minimum absolute atomic E-state index is 0.198. The second-order valence-electron chi connectivity index (χ2n) is 7.30. The second kappa shape index (κ2) is 6.00. The van der Waals surface area contributed by atoms with Gasteiger partial charge >= 0.3 is 6.09 Å². The molecule has 0 saturated carbocycles. The molecule has 2 N–H and O–H groups in total. The fraction of sp³-hybridized carbons (Fsp3) is 0.444. The van der Waals surface area contributed by atoms with Gasteiger partial charge in [-0.2, -0.15) is 0 Å². The van der Waals surface area contributed by atoms with Gasteiger partial charge in [0.15, 0.2) is 6.23 Å². The number of carbonyl (C=O) groups excluding carboxylic acids is 1. The number of fused-ring (bicyclic) bond motifs is 2. The van der Waals surface area contributed by atoms with Crippen molar-refractivity contribution in [2.75, 3.05) is 5.32 Å². The number of hydrogen-bond donors (Lipinski definition) is 2. The van der Waals surface area contributed by atoms with Gasteiger partial charge in [0, 0.05) is 28.7 Å². The maximum atomic E-state index is 11.7. The molecule has 2 aliphatic rings. The van der Waals surface area contributed by atoms with Crippen molar-refractivity contribution in [3.8, 4) is 10.6 Å². The summed E-state index contributed by atoms with van der Waals surface area (Å²) in [5.74, 6) is 0. The predicted octanol–water partition coefficient (Wildman–Crippen LogP) is 3.53. The SMILES string of the molecule is CC(C)(C)OC(=O)NCc1cnc(-c2ccc3c(c2)CC2OC2N3)s1. The van der Waals surface area contributed by atoms with Crippen LogP contribution in [-0.2, 0) is 22.4 Å². The third-order valence-corrected chi connectivity index (χ3v) is 5.06. The van der Waals surface area contributed by atoms with E-state index in [4.69, 9.17) is 9.47 Å². The van der Waals surface area contributed by atoms with E-state index in [2.05, 4.69) is 33.8 Å². The molecule has 7 heteroatoms. The summed E-state index contributed by atoms with van der Waals surface area (Å²) in [6.45, 7) is 5.95. The highest BCUT2D eigenvalue weighted by atomic mass is 32.1. The predicted molar refractivity (Wildman–Crippen MR) is 96.6 cm³/mol. The van der Waals surface area contributed by atoms with Gasteiger partial charge in [0.1, 0.15) is 16.7 Å². The van der Waals surface area contributed by atoms with E-state index in [1.165, 1.54) is 5.56 Å². The molecule has 3 heterocycles. The number of aromatic nitrogens is 1. The molecule has 0 bridgehead atoms. The number of hydrogen-bond acceptors (Lipinski definition) is 6. The van der Waals surface area contributed by atoms with E-state index in [1.807, 2.05) is 20.8 Å². The lowest BCUT2D eigenvalue weighted by Crippen LogP contribution is -2.31.